The summed E-state index contributed by atoms with van der Waals surface area (Å²) in [6, 6.07) is 7.42. The van der Waals surface area contributed by atoms with Gasteiger partial charge in [0.1, 0.15) is 6.04 Å². The summed E-state index contributed by atoms with van der Waals surface area (Å²) >= 11 is 0. The van der Waals surface area contributed by atoms with Crippen molar-refractivity contribution in [1.82, 2.24) is 10.2 Å². The highest BCUT2D eigenvalue weighted by Crippen LogP contribution is 2.25. The number of hydrogen-bond acceptors (Lipinski definition) is 3. The molecule has 1 fully saturated rings. The van der Waals surface area contributed by atoms with E-state index in [1.54, 1.807) is 4.90 Å². The number of benzene rings is 1. The van der Waals surface area contributed by atoms with Crippen molar-refractivity contribution >= 4 is 11.8 Å². The van der Waals surface area contributed by atoms with Crippen LogP contribution in [0.1, 0.15) is 17.5 Å². The molecule has 0 spiro atoms. The Labute approximate surface area is 118 Å². The Balaban J connectivity index is 1.80. The van der Waals surface area contributed by atoms with Crippen LogP contribution in [0.5, 0.6) is 0 Å². The van der Waals surface area contributed by atoms with E-state index < -0.39 is 11.9 Å². The largest absolute Gasteiger partial charge is 0.368 e. The molecule has 2 heterocycles. The number of nitrogens with zero attached hydrogens (tertiary/aromatic N) is 1. The van der Waals surface area contributed by atoms with Crippen LogP contribution in [-0.2, 0) is 22.6 Å². The number of carbonyl (C=O) groups excluding carboxylic acids is 2. The summed E-state index contributed by atoms with van der Waals surface area (Å²) in [6.07, 6.45) is 1.03. The molecule has 5 nitrogen and oxygen atoms in total. The smallest absolute Gasteiger partial charge is 0.240 e. The van der Waals surface area contributed by atoms with Crippen LogP contribution in [0.3, 0.4) is 0 Å². The van der Waals surface area contributed by atoms with Gasteiger partial charge in [0.2, 0.25) is 11.8 Å². The number of nitrogens with two attached hydrogens (primary N) is 1. The predicted molar refractivity (Wildman–Crippen MR) is 74.7 cm³/mol. The molecule has 1 saturated heterocycles. The third kappa shape index (κ3) is 2.41. The van der Waals surface area contributed by atoms with Gasteiger partial charge >= 0.3 is 0 Å². The minimum Gasteiger partial charge on any atom is -0.368 e. The van der Waals surface area contributed by atoms with E-state index in [2.05, 4.69) is 5.32 Å². The summed E-state index contributed by atoms with van der Waals surface area (Å²) in [5.41, 5.74) is 7.72. The van der Waals surface area contributed by atoms with E-state index in [1.807, 2.05) is 24.3 Å². The first kappa shape index (κ1) is 13.1. The fourth-order valence-corrected chi connectivity index (χ4v) is 2.90. The number of hydrogen-bond donors (Lipinski definition) is 2. The monoisotopic (exact) mass is 273 g/mol. The van der Waals surface area contributed by atoms with Gasteiger partial charge in [0.05, 0.1) is 0 Å². The normalized spacial score (nSPS) is 22.0. The Hall–Kier alpha value is -1.88. The van der Waals surface area contributed by atoms with Gasteiger partial charge in [-0.15, -0.1) is 0 Å². The van der Waals surface area contributed by atoms with E-state index >= 15 is 0 Å². The van der Waals surface area contributed by atoms with Gasteiger partial charge in [-0.3, -0.25) is 9.59 Å². The van der Waals surface area contributed by atoms with Crippen LogP contribution in [-0.4, -0.2) is 35.8 Å². The van der Waals surface area contributed by atoms with Crippen molar-refractivity contribution in [2.24, 2.45) is 11.7 Å². The molecule has 0 bridgehead atoms. The second kappa shape index (κ2) is 5.25. The van der Waals surface area contributed by atoms with E-state index in [-0.39, 0.29) is 5.91 Å². The van der Waals surface area contributed by atoms with Crippen molar-refractivity contribution in [3.05, 3.63) is 35.4 Å². The highest BCUT2D eigenvalue weighted by atomic mass is 16.2. The summed E-state index contributed by atoms with van der Waals surface area (Å²) in [5.74, 6) is 0.0163. The van der Waals surface area contributed by atoms with Crippen LogP contribution in [0.2, 0.25) is 0 Å². The summed E-state index contributed by atoms with van der Waals surface area (Å²) in [4.78, 5) is 25.7. The summed E-state index contributed by atoms with van der Waals surface area (Å²) in [7, 11) is 0. The molecule has 2 aliphatic rings. The first-order valence-corrected chi connectivity index (χ1v) is 7.01. The minimum absolute atomic E-state index is 0.0369. The number of nitrogens with one attached hydrogen (secondary N) is 1. The first-order valence-electron chi connectivity index (χ1n) is 7.01. The lowest BCUT2D eigenvalue weighted by molar-refractivity contribution is -0.141. The summed E-state index contributed by atoms with van der Waals surface area (Å²) in [5, 5.41) is 3.16. The topological polar surface area (TPSA) is 75.4 Å². The van der Waals surface area contributed by atoms with Crippen molar-refractivity contribution < 1.29 is 9.59 Å². The molecule has 3 rings (SSSR count). The van der Waals surface area contributed by atoms with Gasteiger partial charge in [0, 0.05) is 19.4 Å². The lowest BCUT2D eigenvalue weighted by Gasteiger charge is -2.37. The average Bonchev–Trinajstić information content (AvgIpc) is 2.41. The number of amides is 2. The number of primary amides is 1. The third-order valence-corrected chi connectivity index (χ3v) is 4.23. The minimum atomic E-state index is -0.509. The van der Waals surface area contributed by atoms with E-state index in [0.29, 0.717) is 25.3 Å². The molecular formula is C15H19N3O2. The SMILES string of the molecule is NC(=O)[C@@H]1Cc2ccccc2CN1C(=O)CC1CNC1. The van der Waals surface area contributed by atoms with Crippen LogP contribution >= 0.6 is 0 Å². The molecule has 2 aliphatic heterocycles. The molecule has 0 saturated carbocycles. The molecule has 1 aromatic carbocycles. The maximum absolute atomic E-state index is 12.4. The summed E-state index contributed by atoms with van der Waals surface area (Å²) < 4.78 is 0. The second-order valence-electron chi connectivity index (χ2n) is 5.64. The van der Waals surface area contributed by atoms with Gasteiger partial charge in [0.25, 0.3) is 0 Å². The molecule has 2 amide bonds. The average molecular weight is 273 g/mol. The lowest BCUT2D eigenvalue weighted by atomic mass is 9.91. The van der Waals surface area contributed by atoms with Crippen LogP contribution in [0.15, 0.2) is 24.3 Å². The molecule has 1 atom stereocenters. The molecule has 0 aromatic heterocycles. The van der Waals surface area contributed by atoms with Crippen LogP contribution in [0.25, 0.3) is 0 Å². The quantitative estimate of drug-likeness (QED) is 0.816. The van der Waals surface area contributed by atoms with E-state index in [9.17, 15) is 9.59 Å². The number of carbonyl (C=O) groups is 2. The summed E-state index contributed by atoms with van der Waals surface area (Å²) in [6.45, 7) is 2.26. The molecule has 0 aliphatic carbocycles. The van der Waals surface area contributed by atoms with Crippen molar-refractivity contribution in [3.8, 4) is 0 Å². The zero-order valence-corrected chi connectivity index (χ0v) is 11.3. The van der Waals surface area contributed by atoms with Crippen molar-refractivity contribution in [3.63, 3.8) is 0 Å². The van der Waals surface area contributed by atoms with Gasteiger partial charge < -0.3 is 16.0 Å². The Morgan fingerprint density at radius 1 is 1.25 bits per heavy atom. The Morgan fingerprint density at radius 3 is 2.55 bits per heavy atom. The molecule has 20 heavy (non-hydrogen) atoms. The molecular weight excluding hydrogens is 254 g/mol. The van der Waals surface area contributed by atoms with Crippen LogP contribution in [0, 0.1) is 5.92 Å². The number of rotatable bonds is 3. The maximum Gasteiger partial charge on any atom is 0.240 e. The molecule has 3 N–H and O–H groups in total. The molecule has 0 unspecified atom stereocenters. The fourth-order valence-electron chi connectivity index (χ4n) is 2.90. The van der Waals surface area contributed by atoms with Crippen molar-refractivity contribution in [2.45, 2.75) is 25.4 Å². The highest BCUT2D eigenvalue weighted by molar-refractivity contribution is 5.87. The van der Waals surface area contributed by atoms with Gasteiger partial charge in [-0.25, -0.2) is 0 Å². The Kier molecular flexibility index (Phi) is 3.44. The maximum atomic E-state index is 12.4. The first-order chi connectivity index (χ1) is 9.65. The second-order valence-corrected chi connectivity index (χ2v) is 5.64. The van der Waals surface area contributed by atoms with Crippen molar-refractivity contribution in [2.75, 3.05) is 13.1 Å². The Morgan fingerprint density at radius 2 is 1.95 bits per heavy atom. The van der Waals surface area contributed by atoms with E-state index in [1.165, 1.54) is 0 Å². The zero-order chi connectivity index (χ0) is 14.1. The Bertz CT molecular complexity index is 540. The van der Waals surface area contributed by atoms with Gasteiger partial charge in [-0.2, -0.15) is 0 Å². The molecule has 0 radical (unpaired) electrons. The van der Waals surface area contributed by atoms with Crippen LogP contribution < -0.4 is 11.1 Å². The van der Waals surface area contributed by atoms with Gasteiger partial charge in [0.15, 0.2) is 0 Å². The van der Waals surface area contributed by atoms with Gasteiger partial charge in [-0.05, 0) is 30.1 Å². The van der Waals surface area contributed by atoms with Crippen LogP contribution in [0.4, 0.5) is 0 Å². The zero-order valence-electron chi connectivity index (χ0n) is 11.3. The number of fused-ring (bicyclic) bond motifs is 1. The fraction of sp³-hybridized carbons (Fsp3) is 0.467. The standard InChI is InChI=1S/C15H19N3O2/c16-15(20)13-6-11-3-1-2-4-12(11)9-18(13)14(19)5-10-7-17-8-10/h1-4,10,13,17H,5-9H2,(H2,16,20)/t13-/m0/s1. The van der Waals surface area contributed by atoms with E-state index in [4.69, 9.17) is 5.73 Å². The molecule has 1 aromatic rings. The highest BCUT2D eigenvalue weighted by Gasteiger charge is 2.34. The third-order valence-electron chi connectivity index (χ3n) is 4.23. The molecule has 106 valence electrons. The van der Waals surface area contributed by atoms with E-state index in [0.717, 1.165) is 24.2 Å². The molecule has 5 heteroatoms. The lowest BCUT2D eigenvalue weighted by Crippen LogP contribution is -2.53. The predicted octanol–water partition coefficient (Wildman–Crippen LogP) is 0.0347. The van der Waals surface area contributed by atoms with Crippen molar-refractivity contribution in [1.29, 1.82) is 0 Å². The van der Waals surface area contributed by atoms with Gasteiger partial charge in [-0.1, -0.05) is 24.3 Å².